The molecule has 0 saturated carbocycles. The molecule has 0 aliphatic carbocycles. The van der Waals surface area contributed by atoms with Crippen LogP contribution in [0.1, 0.15) is 98.3 Å². The lowest BCUT2D eigenvalue weighted by molar-refractivity contribution is -0.151. The topological polar surface area (TPSA) is 74.6 Å². The molecule has 0 rings (SSSR count). The van der Waals surface area contributed by atoms with Gasteiger partial charge in [0.2, 0.25) is 0 Å². The van der Waals surface area contributed by atoms with Gasteiger partial charge in [-0.3, -0.25) is 9.59 Å². The largest absolute Gasteiger partial charge is 0.481 e. The number of carboxylic acids is 2. The van der Waals surface area contributed by atoms with Crippen molar-refractivity contribution in [1.29, 1.82) is 0 Å². The van der Waals surface area contributed by atoms with Gasteiger partial charge in [0.15, 0.2) is 0 Å². The highest BCUT2D eigenvalue weighted by Gasteiger charge is 2.39. The van der Waals surface area contributed by atoms with Crippen LogP contribution in [0.2, 0.25) is 0 Å². The summed E-state index contributed by atoms with van der Waals surface area (Å²) in [5, 5.41) is 19.3. The summed E-state index contributed by atoms with van der Waals surface area (Å²) in [5.41, 5.74) is -1.36. The van der Waals surface area contributed by atoms with Crippen LogP contribution in [0.4, 0.5) is 0 Å². The SMILES string of the molecule is CCCCC(CC)(CCCC(CC)(CCCC)C(=O)O)C(=O)O. The number of aliphatic carboxylic acids is 2. The summed E-state index contributed by atoms with van der Waals surface area (Å²) in [5.74, 6) is -1.45. The maximum atomic E-state index is 11.8. The number of carboxylic acid groups (broad SMARTS) is 2. The van der Waals surface area contributed by atoms with Crippen molar-refractivity contribution in [2.24, 2.45) is 10.8 Å². The predicted molar refractivity (Wildman–Crippen MR) is 93.6 cm³/mol. The zero-order valence-corrected chi connectivity index (χ0v) is 15.5. The van der Waals surface area contributed by atoms with Crippen LogP contribution < -0.4 is 0 Å². The van der Waals surface area contributed by atoms with Crippen molar-refractivity contribution < 1.29 is 19.8 Å². The molecule has 2 atom stereocenters. The Kier molecular flexibility index (Phi) is 10.2. The minimum Gasteiger partial charge on any atom is -0.481 e. The molecular weight excluding hydrogens is 292 g/mol. The Morgan fingerprint density at radius 1 is 0.652 bits per heavy atom. The Hall–Kier alpha value is -1.06. The quantitative estimate of drug-likeness (QED) is 0.441. The van der Waals surface area contributed by atoms with Crippen molar-refractivity contribution in [2.45, 2.75) is 98.3 Å². The van der Waals surface area contributed by atoms with Gasteiger partial charge < -0.3 is 10.2 Å². The molecule has 0 fully saturated rings. The van der Waals surface area contributed by atoms with Crippen molar-refractivity contribution in [1.82, 2.24) is 0 Å². The number of hydrogen-bond donors (Lipinski definition) is 2. The molecular formula is C19H36O4. The van der Waals surface area contributed by atoms with E-state index in [1.165, 1.54) is 0 Å². The first-order valence-electron chi connectivity index (χ1n) is 9.31. The highest BCUT2D eigenvalue weighted by molar-refractivity contribution is 5.75. The van der Waals surface area contributed by atoms with Gasteiger partial charge in [-0.15, -0.1) is 0 Å². The van der Waals surface area contributed by atoms with Crippen LogP contribution >= 0.6 is 0 Å². The van der Waals surface area contributed by atoms with E-state index in [1.807, 2.05) is 13.8 Å². The maximum Gasteiger partial charge on any atom is 0.309 e. The monoisotopic (exact) mass is 328 g/mol. The molecule has 0 aromatic heterocycles. The molecule has 0 aliphatic rings. The Bertz CT molecular complexity index is 332. The smallest absolute Gasteiger partial charge is 0.309 e. The molecule has 0 bridgehead atoms. The van der Waals surface area contributed by atoms with E-state index in [0.717, 1.165) is 25.7 Å². The second-order valence-corrected chi connectivity index (χ2v) is 6.94. The molecule has 0 aromatic carbocycles. The Morgan fingerprint density at radius 2 is 0.957 bits per heavy atom. The van der Waals surface area contributed by atoms with Gasteiger partial charge in [0.05, 0.1) is 10.8 Å². The molecule has 0 aromatic rings. The second kappa shape index (κ2) is 10.7. The molecule has 4 heteroatoms. The lowest BCUT2D eigenvalue weighted by atomic mass is 9.71. The van der Waals surface area contributed by atoms with E-state index in [2.05, 4.69) is 13.8 Å². The summed E-state index contributed by atoms with van der Waals surface area (Å²) >= 11 is 0. The van der Waals surface area contributed by atoms with Crippen LogP contribution in [0.5, 0.6) is 0 Å². The molecule has 4 nitrogen and oxygen atoms in total. The third-order valence-corrected chi connectivity index (χ3v) is 5.59. The van der Waals surface area contributed by atoms with E-state index in [9.17, 15) is 19.8 Å². The van der Waals surface area contributed by atoms with Crippen LogP contribution in [-0.2, 0) is 9.59 Å². The summed E-state index contributed by atoms with van der Waals surface area (Å²) in [4.78, 5) is 23.5. The molecule has 0 aliphatic heterocycles. The molecule has 2 unspecified atom stereocenters. The fourth-order valence-electron chi connectivity index (χ4n) is 3.48. The fraction of sp³-hybridized carbons (Fsp3) is 0.895. The summed E-state index contributed by atoms with van der Waals surface area (Å²) in [6, 6.07) is 0. The number of rotatable bonds is 14. The molecule has 0 heterocycles. The fourth-order valence-corrected chi connectivity index (χ4v) is 3.48. The minimum atomic E-state index is -0.723. The van der Waals surface area contributed by atoms with E-state index in [4.69, 9.17) is 0 Å². The molecule has 0 saturated heterocycles. The van der Waals surface area contributed by atoms with Gasteiger partial charge in [-0.25, -0.2) is 0 Å². The third-order valence-electron chi connectivity index (χ3n) is 5.59. The zero-order chi connectivity index (χ0) is 17.9. The Balaban J connectivity index is 4.93. The standard InChI is InChI=1S/C19H36O4/c1-5-9-12-18(7-3,16(20)21)14-11-15-19(8-4,17(22)23)13-10-6-2/h5-15H2,1-4H3,(H,20,21)(H,22,23). The predicted octanol–water partition coefficient (Wildman–Crippen LogP) is 5.50. The van der Waals surface area contributed by atoms with E-state index in [-0.39, 0.29) is 0 Å². The van der Waals surface area contributed by atoms with Crippen molar-refractivity contribution in [3.63, 3.8) is 0 Å². The Labute approximate surface area is 141 Å². The highest BCUT2D eigenvalue weighted by Crippen LogP contribution is 2.40. The molecule has 23 heavy (non-hydrogen) atoms. The van der Waals surface area contributed by atoms with Crippen LogP contribution in [0.25, 0.3) is 0 Å². The van der Waals surface area contributed by atoms with Gasteiger partial charge in [0, 0.05) is 0 Å². The average molecular weight is 328 g/mol. The van der Waals surface area contributed by atoms with E-state index in [0.29, 0.717) is 44.9 Å². The van der Waals surface area contributed by atoms with Crippen molar-refractivity contribution in [3.8, 4) is 0 Å². The van der Waals surface area contributed by atoms with Gasteiger partial charge in [-0.2, -0.15) is 0 Å². The van der Waals surface area contributed by atoms with Crippen molar-refractivity contribution in [3.05, 3.63) is 0 Å². The van der Waals surface area contributed by atoms with Crippen molar-refractivity contribution in [2.75, 3.05) is 0 Å². The molecule has 2 N–H and O–H groups in total. The third kappa shape index (κ3) is 6.15. The van der Waals surface area contributed by atoms with Gasteiger partial charge in [-0.05, 0) is 38.5 Å². The maximum absolute atomic E-state index is 11.8. The number of carbonyl (C=O) groups is 2. The Morgan fingerprint density at radius 3 is 1.17 bits per heavy atom. The van der Waals surface area contributed by atoms with Gasteiger partial charge in [-0.1, -0.05) is 59.8 Å². The van der Waals surface area contributed by atoms with Gasteiger partial charge in [0.25, 0.3) is 0 Å². The van der Waals surface area contributed by atoms with Crippen LogP contribution in [0.3, 0.4) is 0 Å². The lowest BCUT2D eigenvalue weighted by Crippen LogP contribution is -2.33. The first-order chi connectivity index (χ1) is 10.8. The molecule has 136 valence electrons. The normalized spacial score (nSPS) is 16.5. The summed E-state index contributed by atoms with van der Waals surface area (Å²) < 4.78 is 0. The summed E-state index contributed by atoms with van der Waals surface area (Å²) in [7, 11) is 0. The number of hydrogen-bond acceptors (Lipinski definition) is 2. The van der Waals surface area contributed by atoms with Gasteiger partial charge in [0.1, 0.15) is 0 Å². The average Bonchev–Trinajstić information content (AvgIpc) is 2.53. The van der Waals surface area contributed by atoms with Crippen LogP contribution in [0.15, 0.2) is 0 Å². The van der Waals surface area contributed by atoms with Crippen molar-refractivity contribution >= 4 is 11.9 Å². The van der Waals surface area contributed by atoms with Crippen LogP contribution in [-0.4, -0.2) is 22.2 Å². The first kappa shape index (κ1) is 21.9. The van der Waals surface area contributed by atoms with E-state index in [1.54, 1.807) is 0 Å². The molecule has 0 amide bonds. The van der Waals surface area contributed by atoms with E-state index < -0.39 is 22.8 Å². The van der Waals surface area contributed by atoms with Gasteiger partial charge >= 0.3 is 11.9 Å². The lowest BCUT2D eigenvalue weighted by Gasteiger charge is -2.32. The highest BCUT2D eigenvalue weighted by atomic mass is 16.4. The summed E-state index contributed by atoms with van der Waals surface area (Å²) in [6.45, 7) is 8.01. The van der Waals surface area contributed by atoms with Crippen LogP contribution in [0, 0.1) is 10.8 Å². The van der Waals surface area contributed by atoms with E-state index >= 15 is 0 Å². The second-order valence-electron chi connectivity index (χ2n) is 6.94. The molecule has 0 radical (unpaired) electrons. The summed E-state index contributed by atoms with van der Waals surface area (Å²) in [6.07, 6.45) is 8.24. The molecule has 0 spiro atoms. The zero-order valence-electron chi connectivity index (χ0n) is 15.5. The minimum absolute atomic E-state index is 0.583. The first-order valence-corrected chi connectivity index (χ1v) is 9.31. The number of unbranched alkanes of at least 4 members (excludes halogenated alkanes) is 2.